The van der Waals surface area contributed by atoms with Gasteiger partial charge in [-0.3, -0.25) is 0 Å². The van der Waals surface area contributed by atoms with Crippen LogP contribution < -0.4 is 4.74 Å². The lowest BCUT2D eigenvalue weighted by Crippen LogP contribution is -2.31. The Morgan fingerprint density at radius 2 is 2.18 bits per heavy atom. The number of rotatable bonds is 3. The fourth-order valence-electron chi connectivity index (χ4n) is 4.35. The maximum absolute atomic E-state index is 9.73. The van der Waals surface area contributed by atoms with Gasteiger partial charge in [-0.05, 0) is 86.6 Å². The highest BCUT2D eigenvalue weighted by molar-refractivity contribution is 5.54. The van der Waals surface area contributed by atoms with Crippen molar-refractivity contribution >= 4 is 0 Å². The van der Waals surface area contributed by atoms with E-state index in [1.165, 1.54) is 35.1 Å². The molecule has 22 heavy (non-hydrogen) atoms. The van der Waals surface area contributed by atoms with Crippen molar-refractivity contribution in [2.75, 3.05) is 7.11 Å². The van der Waals surface area contributed by atoms with Crippen LogP contribution >= 0.6 is 0 Å². The van der Waals surface area contributed by atoms with E-state index in [-0.39, 0.29) is 5.41 Å². The molecule has 0 heterocycles. The normalized spacial score (nSPS) is 29.4. The topological polar surface area (TPSA) is 33.0 Å². The Kier molecular flexibility index (Phi) is 3.77. The summed E-state index contributed by atoms with van der Waals surface area (Å²) < 4.78 is 5.54. The molecule has 2 aliphatic rings. The summed E-state index contributed by atoms with van der Waals surface area (Å²) in [7, 11) is 1.72. The Bertz CT molecular complexity index is 654. The zero-order valence-corrected chi connectivity index (χ0v) is 13.9. The van der Waals surface area contributed by atoms with Crippen LogP contribution in [0.25, 0.3) is 0 Å². The van der Waals surface area contributed by atoms with Crippen molar-refractivity contribution in [3.05, 3.63) is 41.0 Å². The molecule has 3 rings (SSSR count). The molecular weight excluding hydrogens is 270 g/mol. The summed E-state index contributed by atoms with van der Waals surface area (Å²) in [5, 5.41) is 9.73. The summed E-state index contributed by atoms with van der Waals surface area (Å²) in [5.41, 5.74) is 4.94. The number of allylic oxidation sites excluding steroid dienone is 1. The summed E-state index contributed by atoms with van der Waals surface area (Å²) in [4.78, 5) is 0. The fraction of sp³-hybridized carbons (Fsp3) is 0.550. The molecule has 2 aliphatic carbocycles. The predicted molar refractivity (Wildman–Crippen MR) is 89.3 cm³/mol. The molecule has 3 atom stereocenters. The van der Waals surface area contributed by atoms with Crippen LogP contribution in [0.5, 0.6) is 5.75 Å². The van der Waals surface area contributed by atoms with Gasteiger partial charge in [0.2, 0.25) is 0 Å². The second kappa shape index (κ2) is 5.47. The second-order valence-electron chi connectivity index (χ2n) is 7.29. The monoisotopic (exact) mass is 295 g/mol. The maximum Gasteiger partial charge on any atom is 0.119 e. The van der Waals surface area contributed by atoms with Crippen molar-refractivity contribution in [1.82, 2.24) is 0 Å². The van der Waals surface area contributed by atoms with Crippen LogP contribution in [-0.4, -0.2) is 7.11 Å². The molecule has 0 amide bonds. The molecule has 1 aromatic carbocycles. The van der Waals surface area contributed by atoms with Gasteiger partial charge in [-0.2, -0.15) is 5.26 Å². The van der Waals surface area contributed by atoms with Crippen LogP contribution in [0.3, 0.4) is 0 Å². The van der Waals surface area contributed by atoms with Crippen molar-refractivity contribution in [2.24, 2.45) is 0 Å². The lowest BCUT2D eigenvalue weighted by molar-refractivity contribution is 0.368. The molecule has 0 aromatic heterocycles. The van der Waals surface area contributed by atoms with Crippen LogP contribution in [0.4, 0.5) is 0 Å². The number of hydrogen-bond donors (Lipinski definition) is 0. The molecule has 2 heteroatoms. The van der Waals surface area contributed by atoms with Gasteiger partial charge in [0.25, 0.3) is 0 Å². The molecule has 0 unspecified atom stereocenters. The standard InChI is InChI=1S/C20H25NO/c1-13(2)9-15-6-5-14-7-8-20(3,12-21)18-11-16(22-4)10-17(15)19(14)18/h10-11,14-15H,1,5-9H2,2-4H3/t14-,15+,20+/m0/s1. The van der Waals surface area contributed by atoms with E-state index in [0.717, 1.165) is 25.0 Å². The van der Waals surface area contributed by atoms with Crippen LogP contribution in [0.1, 0.15) is 74.5 Å². The maximum atomic E-state index is 9.73. The first kappa shape index (κ1) is 15.2. The molecule has 0 aliphatic heterocycles. The Hall–Kier alpha value is -1.75. The van der Waals surface area contributed by atoms with Gasteiger partial charge in [0.15, 0.2) is 0 Å². The molecule has 0 saturated carbocycles. The Balaban J connectivity index is 2.20. The quantitative estimate of drug-likeness (QED) is 0.718. The number of methoxy groups -OCH3 is 1. The summed E-state index contributed by atoms with van der Waals surface area (Å²) in [6.07, 6.45) is 5.59. The molecule has 0 bridgehead atoms. The number of ether oxygens (including phenoxy) is 1. The number of nitriles is 1. The van der Waals surface area contributed by atoms with Gasteiger partial charge in [0.05, 0.1) is 18.6 Å². The van der Waals surface area contributed by atoms with Crippen molar-refractivity contribution in [3.8, 4) is 11.8 Å². The van der Waals surface area contributed by atoms with Gasteiger partial charge in [-0.1, -0.05) is 5.57 Å². The predicted octanol–water partition coefficient (Wildman–Crippen LogP) is 5.20. The van der Waals surface area contributed by atoms with Gasteiger partial charge in [0, 0.05) is 0 Å². The SMILES string of the molecule is C=C(C)C[C@H]1CC[C@H]2CC[C@](C)(C#N)c3cc(OC)cc1c32. The van der Waals surface area contributed by atoms with E-state index in [4.69, 9.17) is 4.74 Å². The second-order valence-corrected chi connectivity index (χ2v) is 7.29. The average molecular weight is 295 g/mol. The molecule has 1 aromatic rings. The third-order valence-electron chi connectivity index (χ3n) is 5.56. The molecule has 2 nitrogen and oxygen atoms in total. The van der Waals surface area contributed by atoms with Gasteiger partial charge in [-0.25, -0.2) is 0 Å². The van der Waals surface area contributed by atoms with Gasteiger partial charge in [-0.15, -0.1) is 6.58 Å². The first-order chi connectivity index (χ1) is 10.5. The van der Waals surface area contributed by atoms with Crippen LogP contribution in [0.2, 0.25) is 0 Å². The molecule has 0 N–H and O–H groups in total. The van der Waals surface area contributed by atoms with E-state index >= 15 is 0 Å². The lowest BCUT2D eigenvalue weighted by Gasteiger charge is -2.41. The highest BCUT2D eigenvalue weighted by Crippen LogP contribution is 2.53. The number of benzene rings is 1. The van der Waals surface area contributed by atoms with E-state index in [0.29, 0.717) is 11.8 Å². The lowest BCUT2D eigenvalue weighted by atomic mass is 9.62. The van der Waals surface area contributed by atoms with Crippen LogP contribution in [0.15, 0.2) is 24.3 Å². The largest absolute Gasteiger partial charge is 0.497 e. The molecular formula is C20H25NO. The minimum absolute atomic E-state index is 0.375. The van der Waals surface area contributed by atoms with E-state index in [9.17, 15) is 5.26 Å². The van der Waals surface area contributed by atoms with Crippen molar-refractivity contribution in [3.63, 3.8) is 0 Å². The first-order valence-electron chi connectivity index (χ1n) is 8.26. The van der Waals surface area contributed by atoms with Crippen molar-refractivity contribution < 1.29 is 4.74 Å². The summed E-state index contributed by atoms with van der Waals surface area (Å²) in [5.74, 6) is 2.04. The smallest absolute Gasteiger partial charge is 0.119 e. The Labute approximate surface area is 133 Å². The Morgan fingerprint density at radius 3 is 2.82 bits per heavy atom. The third-order valence-corrected chi connectivity index (χ3v) is 5.56. The van der Waals surface area contributed by atoms with Gasteiger partial charge < -0.3 is 4.74 Å². The minimum atomic E-state index is -0.375. The highest BCUT2D eigenvalue weighted by atomic mass is 16.5. The summed E-state index contributed by atoms with van der Waals surface area (Å²) in [6.45, 7) is 8.29. The number of nitrogens with zero attached hydrogens (tertiary/aromatic N) is 1. The summed E-state index contributed by atoms with van der Waals surface area (Å²) in [6, 6.07) is 6.88. The van der Waals surface area contributed by atoms with Crippen molar-refractivity contribution in [1.29, 1.82) is 5.26 Å². The van der Waals surface area contributed by atoms with Crippen LogP contribution in [0, 0.1) is 11.3 Å². The molecule has 0 radical (unpaired) electrons. The molecule has 0 fully saturated rings. The molecule has 0 spiro atoms. The fourth-order valence-corrected chi connectivity index (χ4v) is 4.35. The first-order valence-corrected chi connectivity index (χ1v) is 8.26. The minimum Gasteiger partial charge on any atom is -0.497 e. The zero-order valence-electron chi connectivity index (χ0n) is 13.9. The van der Waals surface area contributed by atoms with Crippen molar-refractivity contribution in [2.45, 2.75) is 63.2 Å². The average Bonchev–Trinajstić information content (AvgIpc) is 2.52. The molecule has 116 valence electrons. The molecule has 0 saturated heterocycles. The Morgan fingerprint density at radius 1 is 1.41 bits per heavy atom. The van der Waals surface area contributed by atoms with E-state index in [1.54, 1.807) is 7.11 Å². The highest BCUT2D eigenvalue weighted by Gasteiger charge is 2.41. The zero-order chi connectivity index (χ0) is 15.9. The van der Waals surface area contributed by atoms with E-state index in [2.05, 4.69) is 38.6 Å². The number of hydrogen-bond acceptors (Lipinski definition) is 2. The van der Waals surface area contributed by atoms with Crippen LogP contribution in [-0.2, 0) is 5.41 Å². The van der Waals surface area contributed by atoms with Gasteiger partial charge in [0.1, 0.15) is 5.75 Å². The van der Waals surface area contributed by atoms with Gasteiger partial charge >= 0.3 is 0 Å². The summed E-state index contributed by atoms with van der Waals surface area (Å²) >= 11 is 0. The van der Waals surface area contributed by atoms with E-state index in [1.807, 2.05) is 0 Å². The van der Waals surface area contributed by atoms with E-state index < -0.39 is 0 Å². The third kappa shape index (κ3) is 2.33.